The molecule has 0 aromatic carbocycles. The van der Waals surface area contributed by atoms with E-state index in [1.807, 2.05) is 21.6 Å². The van der Waals surface area contributed by atoms with Gasteiger partial charge in [0.1, 0.15) is 21.5 Å². The third-order valence-electron chi connectivity index (χ3n) is 8.79. The fourth-order valence-corrected chi connectivity index (χ4v) is 7.68. The standard InChI is InChI=1S/C27H34IN7O3/c1-16-12-19(36)7-9-32(16)21-15-23(34-17-5-6-18(34)14-20(37)13-17)29-27-25(21)26(28)31-35(27)22-8-10-33(30-22)24-4-2-3-11-38-24/h8,10,15-19,24,36H,2-7,9,11-14H2,1H3/t16-,17?,18?,19?,24?/m1/s1. The molecule has 7 heterocycles. The maximum Gasteiger partial charge on any atom is 0.177 e. The first kappa shape index (κ1) is 24.8. The topological polar surface area (TPSA) is 102 Å². The molecule has 0 amide bonds. The zero-order chi connectivity index (χ0) is 26.0. The molecular weight excluding hydrogens is 597 g/mol. The maximum atomic E-state index is 12.4. The highest BCUT2D eigenvalue weighted by molar-refractivity contribution is 14.1. The van der Waals surface area contributed by atoms with Crippen molar-refractivity contribution in [1.82, 2.24) is 24.5 Å². The Morgan fingerprint density at radius 1 is 1.08 bits per heavy atom. The van der Waals surface area contributed by atoms with Gasteiger partial charge in [0.15, 0.2) is 11.5 Å². The molecule has 3 aromatic rings. The number of carbonyl (C=O) groups is 1. The van der Waals surface area contributed by atoms with E-state index < -0.39 is 0 Å². The number of ether oxygens (including phenoxy) is 1. The normalized spacial score (nSPS) is 30.0. The Hall–Kier alpha value is -2.25. The third kappa shape index (κ3) is 4.21. The number of carbonyl (C=O) groups excluding carboxylic acids is 1. The van der Waals surface area contributed by atoms with Gasteiger partial charge in [0.05, 0.1) is 17.2 Å². The molecule has 1 N–H and O–H groups in total. The van der Waals surface area contributed by atoms with E-state index in [9.17, 15) is 9.90 Å². The predicted molar refractivity (Wildman–Crippen MR) is 152 cm³/mol. The van der Waals surface area contributed by atoms with E-state index >= 15 is 0 Å². The number of hydrogen-bond donors (Lipinski definition) is 1. The number of aromatic nitrogens is 5. The molecule has 4 unspecified atom stereocenters. The van der Waals surface area contributed by atoms with Gasteiger partial charge in [-0.25, -0.2) is 9.67 Å². The van der Waals surface area contributed by atoms with Crippen LogP contribution in [-0.4, -0.2) is 72.8 Å². The first-order valence-corrected chi connectivity index (χ1v) is 15.1. The summed E-state index contributed by atoms with van der Waals surface area (Å²) in [6.45, 7) is 3.72. The molecule has 4 saturated heterocycles. The highest BCUT2D eigenvalue weighted by atomic mass is 127. The summed E-state index contributed by atoms with van der Waals surface area (Å²) >= 11 is 2.31. The lowest BCUT2D eigenvalue weighted by atomic mass is 9.99. The van der Waals surface area contributed by atoms with Gasteiger partial charge >= 0.3 is 0 Å². The van der Waals surface area contributed by atoms with E-state index in [2.05, 4.69) is 45.4 Å². The lowest BCUT2D eigenvalue weighted by molar-refractivity contribution is -0.120. The second kappa shape index (κ2) is 9.74. The van der Waals surface area contributed by atoms with Gasteiger partial charge in [0.25, 0.3) is 0 Å². The average Bonchev–Trinajstić information content (AvgIpc) is 3.59. The van der Waals surface area contributed by atoms with E-state index in [0.717, 1.165) is 90.2 Å². The molecule has 4 fully saturated rings. The molecule has 4 aliphatic rings. The van der Waals surface area contributed by atoms with Crippen LogP contribution in [0.4, 0.5) is 11.5 Å². The number of aliphatic hydroxyl groups excluding tert-OH is 1. The molecule has 11 heteroatoms. The summed E-state index contributed by atoms with van der Waals surface area (Å²) in [5.74, 6) is 2.00. The SMILES string of the molecule is C[C@@H]1CC(O)CCN1c1cc(N2C3CCC2CC(=O)C3)nc2c1c(I)nn2-c1ccn(C2CCCCO2)n1. The Kier molecular flexibility index (Phi) is 6.35. The van der Waals surface area contributed by atoms with Gasteiger partial charge in [-0.05, 0) is 74.5 Å². The number of piperidine rings is 2. The number of aliphatic hydroxyl groups is 1. The van der Waals surface area contributed by atoms with Gasteiger partial charge < -0.3 is 19.6 Å². The second-order valence-electron chi connectivity index (χ2n) is 11.3. The van der Waals surface area contributed by atoms with Crippen LogP contribution < -0.4 is 9.80 Å². The fourth-order valence-electron chi connectivity index (χ4n) is 6.94. The Bertz CT molecular complexity index is 1350. The van der Waals surface area contributed by atoms with Gasteiger partial charge in [-0.15, -0.1) is 0 Å². The van der Waals surface area contributed by atoms with Crippen LogP contribution in [0.2, 0.25) is 0 Å². The van der Waals surface area contributed by atoms with Crippen molar-refractivity contribution in [3.05, 3.63) is 22.0 Å². The molecule has 3 aromatic heterocycles. The van der Waals surface area contributed by atoms with Crippen LogP contribution in [0, 0.1) is 3.70 Å². The molecule has 0 spiro atoms. The Morgan fingerprint density at radius 3 is 2.63 bits per heavy atom. The molecule has 0 radical (unpaired) electrons. The summed E-state index contributed by atoms with van der Waals surface area (Å²) in [6.07, 6.45) is 9.58. The number of nitrogens with zero attached hydrogens (tertiary/aromatic N) is 7. The van der Waals surface area contributed by atoms with Crippen molar-refractivity contribution in [1.29, 1.82) is 0 Å². The number of halogens is 1. The van der Waals surface area contributed by atoms with Crippen LogP contribution in [0.1, 0.15) is 70.9 Å². The monoisotopic (exact) mass is 631 g/mol. The van der Waals surface area contributed by atoms with E-state index in [1.54, 1.807) is 0 Å². The van der Waals surface area contributed by atoms with Crippen molar-refractivity contribution < 1.29 is 14.6 Å². The summed E-state index contributed by atoms with van der Waals surface area (Å²) in [6, 6.07) is 4.80. The minimum absolute atomic E-state index is 0.0420. The summed E-state index contributed by atoms with van der Waals surface area (Å²) in [5, 5.41) is 21.1. The molecule has 7 rings (SSSR count). The van der Waals surface area contributed by atoms with E-state index in [0.29, 0.717) is 18.6 Å². The molecule has 202 valence electrons. The zero-order valence-electron chi connectivity index (χ0n) is 21.7. The lowest BCUT2D eigenvalue weighted by Crippen LogP contribution is -2.45. The Balaban J connectivity index is 1.36. The molecule has 0 aliphatic carbocycles. The summed E-state index contributed by atoms with van der Waals surface area (Å²) in [4.78, 5) is 22.4. The summed E-state index contributed by atoms with van der Waals surface area (Å²) in [5.41, 5.74) is 1.89. The Labute approximate surface area is 235 Å². The van der Waals surface area contributed by atoms with Crippen molar-refractivity contribution in [3.8, 4) is 5.82 Å². The van der Waals surface area contributed by atoms with Gasteiger partial charge in [-0.1, -0.05) is 0 Å². The largest absolute Gasteiger partial charge is 0.393 e. The summed E-state index contributed by atoms with van der Waals surface area (Å²) in [7, 11) is 0. The first-order valence-electron chi connectivity index (χ1n) is 14.0. The van der Waals surface area contributed by atoms with Gasteiger partial charge in [0.2, 0.25) is 0 Å². The smallest absolute Gasteiger partial charge is 0.177 e. The van der Waals surface area contributed by atoms with Crippen molar-refractivity contribution >= 4 is 50.9 Å². The molecule has 2 bridgehead atoms. The number of pyridine rings is 1. The van der Waals surface area contributed by atoms with E-state index in [-0.39, 0.29) is 30.5 Å². The number of hydrogen-bond acceptors (Lipinski definition) is 8. The number of rotatable bonds is 4. The highest BCUT2D eigenvalue weighted by Gasteiger charge is 2.41. The van der Waals surface area contributed by atoms with Crippen LogP contribution in [0.3, 0.4) is 0 Å². The summed E-state index contributed by atoms with van der Waals surface area (Å²) < 4.78 is 10.6. The molecule has 5 atom stereocenters. The quantitative estimate of drug-likeness (QED) is 0.432. The average molecular weight is 632 g/mol. The van der Waals surface area contributed by atoms with Crippen LogP contribution in [-0.2, 0) is 9.53 Å². The molecule has 4 aliphatic heterocycles. The van der Waals surface area contributed by atoms with Crippen molar-refractivity contribution in [2.45, 2.75) is 95.2 Å². The zero-order valence-corrected chi connectivity index (χ0v) is 23.8. The number of anilines is 2. The molecule has 10 nitrogen and oxygen atoms in total. The maximum absolute atomic E-state index is 12.4. The fraction of sp³-hybridized carbons (Fsp3) is 0.630. The highest BCUT2D eigenvalue weighted by Crippen LogP contribution is 2.42. The predicted octanol–water partition coefficient (Wildman–Crippen LogP) is 3.97. The van der Waals surface area contributed by atoms with Crippen LogP contribution in [0.15, 0.2) is 18.3 Å². The minimum Gasteiger partial charge on any atom is -0.393 e. The van der Waals surface area contributed by atoms with Crippen LogP contribution in [0.5, 0.6) is 0 Å². The van der Waals surface area contributed by atoms with Crippen molar-refractivity contribution in [2.24, 2.45) is 0 Å². The first-order chi connectivity index (χ1) is 18.5. The van der Waals surface area contributed by atoms with Gasteiger partial charge in [0, 0.05) is 62.4 Å². The molecule has 0 saturated carbocycles. The Morgan fingerprint density at radius 2 is 1.89 bits per heavy atom. The van der Waals surface area contributed by atoms with Gasteiger partial charge in [-0.2, -0.15) is 14.9 Å². The second-order valence-corrected chi connectivity index (χ2v) is 12.4. The molecular formula is C27H34IN7O3. The number of ketones is 1. The van der Waals surface area contributed by atoms with Crippen LogP contribution in [0.25, 0.3) is 16.9 Å². The van der Waals surface area contributed by atoms with Crippen molar-refractivity contribution in [3.63, 3.8) is 0 Å². The van der Waals surface area contributed by atoms with E-state index in [4.69, 9.17) is 19.9 Å². The number of Topliss-reactive ketones (excluding diaryl/α,β-unsaturated/α-hetero) is 1. The van der Waals surface area contributed by atoms with E-state index in [1.165, 1.54) is 0 Å². The molecule has 38 heavy (non-hydrogen) atoms. The lowest BCUT2D eigenvalue weighted by Gasteiger charge is -2.39. The van der Waals surface area contributed by atoms with Crippen LogP contribution >= 0.6 is 22.6 Å². The van der Waals surface area contributed by atoms with Gasteiger partial charge in [-0.3, -0.25) is 4.79 Å². The third-order valence-corrected chi connectivity index (χ3v) is 9.55. The minimum atomic E-state index is -0.269. The number of fused-ring (bicyclic) bond motifs is 3. The van der Waals surface area contributed by atoms with Crippen molar-refractivity contribution in [2.75, 3.05) is 23.0 Å².